The topological polar surface area (TPSA) is 61.9 Å². The predicted molar refractivity (Wildman–Crippen MR) is 73.0 cm³/mol. The molecule has 0 aromatic carbocycles. The van der Waals surface area contributed by atoms with Crippen molar-refractivity contribution in [2.75, 3.05) is 46.4 Å². The van der Waals surface area contributed by atoms with Gasteiger partial charge in [-0.3, -0.25) is 9.59 Å². The Hall–Kier alpha value is -1.14. The van der Waals surface area contributed by atoms with Crippen molar-refractivity contribution in [3.05, 3.63) is 0 Å². The van der Waals surface area contributed by atoms with Gasteiger partial charge in [0, 0.05) is 38.1 Å². The molecule has 2 aliphatic heterocycles. The van der Waals surface area contributed by atoms with E-state index in [4.69, 9.17) is 4.74 Å². The van der Waals surface area contributed by atoms with E-state index >= 15 is 0 Å². The van der Waals surface area contributed by atoms with Gasteiger partial charge in [-0.2, -0.15) is 0 Å². The van der Waals surface area contributed by atoms with Gasteiger partial charge >= 0.3 is 0 Å². The highest BCUT2D eigenvalue weighted by Gasteiger charge is 2.38. The Balaban J connectivity index is 1.52. The lowest BCUT2D eigenvalue weighted by atomic mass is 10.0. The molecule has 1 N–H and O–H groups in total. The van der Waals surface area contributed by atoms with Crippen molar-refractivity contribution in [2.24, 2.45) is 11.8 Å². The fourth-order valence-corrected chi connectivity index (χ4v) is 3.05. The minimum Gasteiger partial charge on any atom is -0.379 e. The maximum absolute atomic E-state index is 12.5. The second-order valence-corrected chi connectivity index (χ2v) is 5.96. The van der Waals surface area contributed by atoms with Crippen LogP contribution < -0.4 is 5.32 Å². The maximum Gasteiger partial charge on any atom is 0.229 e. The molecule has 0 bridgehead atoms. The minimum atomic E-state index is -0.0781. The molecule has 3 rings (SSSR count). The van der Waals surface area contributed by atoms with Gasteiger partial charge < -0.3 is 19.9 Å². The van der Waals surface area contributed by atoms with E-state index in [0.717, 1.165) is 12.8 Å². The highest BCUT2D eigenvalue weighted by molar-refractivity contribution is 5.82. The van der Waals surface area contributed by atoms with E-state index in [1.807, 2.05) is 16.8 Å². The number of nitrogens with zero attached hydrogens (tertiary/aromatic N) is 2. The van der Waals surface area contributed by atoms with Crippen LogP contribution in [-0.4, -0.2) is 74.1 Å². The minimum absolute atomic E-state index is 0.0781. The Kier molecular flexibility index (Phi) is 3.94. The fourth-order valence-electron chi connectivity index (χ4n) is 3.05. The Bertz CT molecular complexity index is 389. The van der Waals surface area contributed by atoms with Crippen LogP contribution in [0.15, 0.2) is 0 Å². The van der Waals surface area contributed by atoms with E-state index in [2.05, 4.69) is 5.32 Å². The van der Waals surface area contributed by atoms with Crippen LogP contribution in [0.1, 0.15) is 12.8 Å². The van der Waals surface area contributed by atoms with E-state index < -0.39 is 0 Å². The number of carbonyl (C=O) groups is 2. The zero-order valence-corrected chi connectivity index (χ0v) is 12.0. The Morgan fingerprint density at radius 2 is 1.60 bits per heavy atom. The summed E-state index contributed by atoms with van der Waals surface area (Å²) in [4.78, 5) is 28.3. The van der Waals surface area contributed by atoms with E-state index in [1.165, 1.54) is 0 Å². The number of carbonyl (C=O) groups excluding carboxylic acids is 2. The van der Waals surface area contributed by atoms with Crippen LogP contribution in [0.3, 0.4) is 0 Å². The molecular formula is C14H23N3O3. The molecule has 3 fully saturated rings. The molecular weight excluding hydrogens is 258 g/mol. The molecule has 0 spiro atoms. The van der Waals surface area contributed by atoms with Gasteiger partial charge in [-0.1, -0.05) is 0 Å². The molecule has 1 aliphatic carbocycles. The number of rotatable bonds is 3. The highest BCUT2D eigenvalue weighted by Crippen LogP contribution is 2.31. The SMILES string of the molecule is CNC1COCC1C(=O)N1CCN(C(=O)C2CC2)CC1. The third-order valence-corrected chi connectivity index (χ3v) is 4.60. The monoisotopic (exact) mass is 281 g/mol. The maximum atomic E-state index is 12.5. The Morgan fingerprint density at radius 3 is 2.15 bits per heavy atom. The van der Waals surface area contributed by atoms with E-state index in [-0.39, 0.29) is 29.7 Å². The summed E-state index contributed by atoms with van der Waals surface area (Å²) in [5.41, 5.74) is 0. The van der Waals surface area contributed by atoms with Gasteiger partial charge in [-0.25, -0.2) is 0 Å². The third-order valence-electron chi connectivity index (χ3n) is 4.60. The molecule has 2 saturated heterocycles. The lowest BCUT2D eigenvalue weighted by Crippen LogP contribution is -2.54. The van der Waals surface area contributed by atoms with E-state index in [9.17, 15) is 9.59 Å². The second-order valence-electron chi connectivity index (χ2n) is 5.96. The van der Waals surface area contributed by atoms with Crippen molar-refractivity contribution in [3.63, 3.8) is 0 Å². The van der Waals surface area contributed by atoms with Crippen molar-refractivity contribution in [2.45, 2.75) is 18.9 Å². The van der Waals surface area contributed by atoms with E-state index in [0.29, 0.717) is 39.4 Å². The molecule has 112 valence electrons. The number of nitrogens with one attached hydrogen (secondary N) is 1. The number of hydrogen-bond donors (Lipinski definition) is 1. The van der Waals surface area contributed by atoms with Gasteiger partial charge in [0.1, 0.15) is 0 Å². The lowest BCUT2D eigenvalue weighted by Gasteiger charge is -2.36. The smallest absolute Gasteiger partial charge is 0.229 e. The van der Waals surface area contributed by atoms with Gasteiger partial charge in [-0.15, -0.1) is 0 Å². The van der Waals surface area contributed by atoms with Crippen LogP contribution in [0.25, 0.3) is 0 Å². The molecule has 0 radical (unpaired) electrons. The molecule has 6 nitrogen and oxygen atoms in total. The van der Waals surface area contributed by atoms with Crippen LogP contribution in [0.4, 0.5) is 0 Å². The molecule has 0 aromatic heterocycles. The molecule has 0 aromatic rings. The normalized spacial score (nSPS) is 30.6. The molecule has 20 heavy (non-hydrogen) atoms. The summed E-state index contributed by atoms with van der Waals surface area (Å²) >= 11 is 0. The summed E-state index contributed by atoms with van der Waals surface area (Å²) in [6, 6.07) is 0.119. The zero-order chi connectivity index (χ0) is 14.1. The third kappa shape index (κ3) is 2.67. The first-order chi connectivity index (χ1) is 9.70. The molecule has 3 aliphatic rings. The van der Waals surface area contributed by atoms with Crippen molar-refractivity contribution in [1.29, 1.82) is 0 Å². The Morgan fingerprint density at radius 1 is 1.00 bits per heavy atom. The molecule has 2 heterocycles. The predicted octanol–water partition coefficient (Wildman–Crippen LogP) is -0.698. The largest absolute Gasteiger partial charge is 0.379 e. The first kappa shape index (κ1) is 13.8. The summed E-state index contributed by atoms with van der Waals surface area (Å²) in [5.74, 6) is 0.648. The summed E-state index contributed by atoms with van der Waals surface area (Å²) in [7, 11) is 1.87. The second kappa shape index (κ2) is 5.69. The van der Waals surface area contributed by atoms with Crippen LogP contribution in [-0.2, 0) is 14.3 Å². The first-order valence-corrected chi connectivity index (χ1v) is 7.53. The van der Waals surface area contributed by atoms with Gasteiger partial charge in [0.2, 0.25) is 11.8 Å². The molecule has 2 amide bonds. The van der Waals surface area contributed by atoms with Crippen LogP contribution >= 0.6 is 0 Å². The summed E-state index contributed by atoms with van der Waals surface area (Å²) in [6.45, 7) is 3.78. The van der Waals surface area contributed by atoms with E-state index in [1.54, 1.807) is 0 Å². The van der Waals surface area contributed by atoms with Crippen LogP contribution in [0.2, 0.25) is 0 Å². The zero-order valence-electron chi connectivity index (χ0n) is 12.0. The van der Waals surface area contributed by atoms with Crippen molar-refractivity contribution in [1.82, 2.24) is 15.1 Å². The summed E-state index contributed by atoms with van der Waals surface area (Å²) < 4.78 is 5.40. The van der Waals surface area contributed by atoms with Crippen LogP contribution in [0, 0.1) is 11.8 Å². The first-order valence-electron chi connectivity index (χ1n) is 7.53. The molecule has 2 atom stereocenters. The molecule has 1 saturated carbocycles. The van der Waals surface area contributed by atoms with Gasteiger partial charge in [0.15, 0.2) is 0 Å². The standard InChI is InChI=1S/C14H23N3O3/c1-15-12-9-20-8-11(12)14(19)17-6-4-16(5-7-17)13(18)10-2-3-10/h10-12,15H,2-9H2,1H3. The fraction of sp³-hybridized carbons (Fsp3) is 0.857. The quantitative estimate of drug-likeness (QED) is 0.743. The number of hydrogen-bond acceptors (Lipinski definition) is 4. The number of amides is 2. The molecule has 6 heteroatoms. The number of likely N-dealkylation sites (N-methyl/N-ethyl adjacent to an activating group) is 1. The van der Waals surface area contributed by atoms with Crippen molar-refractivity contribution >= 4 is 11.8 Å². The average molecular weight is 281 g/mol. The van der Waals surface area contributed by atoms with Crippen molar-refractivity contribution < 1.29 is 14.3 Å². The number of ether oxygens (including phenoxy) is 1. The highest BCUT2D eigenvalue weighted by atomic mass is 16.5. The van der Waals surface area contributed by atoms with Gasteiger partial charge in [0.25, 0.3) is 0 Å². The van der Waals surface area contributed by atoms with Gasteiger partial charge in [-0.05, 0) is 19.9 Å². The lowest BCUT2D eigenvalue weighted by molar-refractivity contribution is -0.143. The summed E-state index contributed by atoms with van der Waals surface area (Å²) in [5, 5.41) is 3.15. The molecule has 2 unspecified atom stereocenters. The van der Waals surface area contributed by atoms with Crippen molar-refractivity contribution in [3.8, 4) is 0 Å². The van der Waals surface area contributed by atoms with Crippen LogP contribution in [0.5, 0.6) is 0 Å². The van der Waals surface area contributed by atoms with Gasteiger partial charge in [0.05, 0.1) is 19.1 Å². The average Bonchev–Trinajstić information content (AvgIpc) is 3.23. The Labute approximate surface area is 119 Å². The summed E-state index contributed by atoms with van der Waals surface area (Å²) in [6.07, 6.45) is 2.09. The number of piperazine rings is 1.